The van der Waals surface area contributed by atoms with Gasteiger partial charge in [0.2, 0.25) is 0 Å². The van der Waals surface area contributed by atoms with Crippen LogP contribution in [-0.2, 0) is 0 Å². The van der Waals surface area contributed by atoms with Crippen LogP contribution in [0.15, 0.2) is 12.1 Å². The Morgan fingerprint density at radius 2 is 2.20 bits per heavy atom. The van der Waals surface area contributed by atoms with E-state index >= 15 is 0 Å². The van der Waals surface area contributed by atoms with E-state index in [2.05, 4.69) is 28.9 Å². The lowest BCUT2D eigenvalue weighted by molar-refractivity contribution is 0.198. The van der Waals surface area contributed by atoms with Crippen molar-refractivity contribution in [3.05, 3.63) is 17.8 Å². The van der Waals surface area contributed by atoms with Crippen LogP contribution in [0.25, 0.3) is 0 Å². The summed E-state index contributed by atoms with van der Waals surface area (Å²) >= 11 is 0. The van der Waals surface area contributed by atoms with E-state index in [1.54, 1.807) is 0 Å². The fourth-order valence-corrected chi connectivity index (χ4v) is 1.76. The molecule has 1 N–H and O–H groups in total. The van der Waals surface area contributed by atoms with Crippen LogP contribution < -0.4 is 4.90 Å². The molecule has 1 fully saturated rings. The predicted molar refractivity (Wildman–Crippen MR) is 59.0 cm³/mol. The van der Waals surface area contributed by atoms with Crippen LogP contribution in [0.5, 0.6) is 0 Å². The number of hydrogen-bond acceptors (Lipinski definition) is 4. The summed E-state index contributed by atoms with van der Waals surface area (Å²) in [5, 5.41) is 17.8. The summed E-state index contributed by atoms with van der Waals surface area (Å²) in [7, 11) is 0. The summed E-state index contributed by atoms with van der Waals surface area (Å²) in [6.45, 7) is 5.75. The molecular weight excluding hydrogens is 190 g/mol. The van der Waals surface area contributed by atoms with Gasteiger partial charge in [0, 0.05) is 13.1 Å². The third-order valence-electron chi connectivity index (χ3n) is 2.75. The second kappa shape index (κ2) is 4.14. The number of aliphatic hydroxyl groups is 1. The maximum absolute atomic E-state index is 9.41. The van der Waals surface area contributed by atoms with Crippen LogP contribution in [0, 0.1) is 0 Å². The molecule has 0 bridgehead atoms. The molecule has 4 nitrogen and oxygen atoms in total. The van der Waals surface area contributed by atoms with E-state index in [-0.39, 0.29) is 6.10 Å². The van der Waals surface area contributed by atoms with Crippen molar-refractivity contribution in [2.75, 3.05) is 18.0 Å². The number of rotatable bonds is 2. The number of anilines is 1. The van der Waals surface area contributed by atoms with Gasteiger partial charge < -0.3 is 10.0 Å². The zero-order valence-electron chi connectivity index (χ0n) is 9.22. The van der Waals surface area contributed by atoms with Gasteiger partial charge in [-0.15, -0.1) is 5.10 Å². The highest BCUT2D eigenvalue weighted by Gasteiger charge is 2.21. The van der Waals surface area contributed by atoms with Crippen molar-refractivity contribution in [2.24, 2.45) is 0 Å². The van der Waals surface area contributed by atoms with Crippen molar-refractivity contribution in [3.8, 4) is 0 Å². The molecule has 1 saturated heterocycles. The van der Waals surface area contributed by atoms with Crippen LogP contribution >= 0.6 is 0 Å². The smallest absolute Gasteiger partial charge is 0.151 e. The van der Waals surface area contributed by atoms with Crippen LogP contribution in [0.2, 0.25) is 0 Å². The minimum Gasteiger partial charge on any atom is -0.391 e. The van der Waals surface area contributed by atoms with E-state index in [4.69, 9.17) is 0 Å². The minimum absolute atomic E-state index is 0.212. The van der Waals surface area contributed by atoms with Gasteiger partial charge in [-0.2, -0.15) is 5.10 Å². The van der Waals surface area contributed by atoms with Gasteiger partial charge in [-0.1, -0.05) is 13.8 Å². The fourth-order valence-electron chi connectivity index (χ4n) is 1.76. The fraction of sp³-hybridized carbons (Fsp3) is 0.636. The lowest BCUT2D eigenvalue weighted by Crippen LogP contribution is -2.22. The molecule has 1 atom stereocenters. The molecule has 82 valence electrons. The predicted octanol–water partition coefficient (Wildman–Crippen LogP) is 1.17. The molecule has 0 aliphatic carbocycles. The van der Waals surface area contributed by atoms with Crippen LogP contribution in [0.3, 0.4) is 0 Å². The summed E-state index contributed by atoms with van der Waals surface area (Å²) in [4.78, 5) is 2.07. The zero-order valence-corrected chi connectivity index (χ0v) is 9.22. The molecule has 1 aromatic heterocycles. The Balaban J connectivity index is 2.10. The lowest BCUT2D eigenvalue weighted by atomic mass is 10.1. The molecule has 0 aromatic carbocycles. The third kappa shape index (κ3) is 2.26. The summed E-state index contributed by atoms with van der Waals surface area (Å²) in [6.07, 6.45) is 0.615. The Morgan fingerprint density at radius 1 is 1.40 bits per heavy atom. The highest BCUT2D eigenvalue weighted by molar-refractivity contribution is 5.39. The number of nitrogens with zero attached hydrogens (tertiary/aromatic N) is 3. The molecule has 2 rings (SSSR count). The maximum Gasteiger partial charge on any atom is 0.151 e. The zero-order chi connectivity index (χ0) is 10.8. The van der Waals surface area contributed by atoms with E-state index in [9.17, 15) is 5.11 Å². The lowest BCUT2D eigenvalue weighted by Gasteiger charge is -2.16. The highest BCUT2D eigenvalue weighted by Crippen LogP contribution is 2.18. The van der Waals surface area contributed by atoms with Gasteiger partial charge in [-0.3, -0.25) is 0 Å². The molecular formula is C11H17N3O. The van der Waals surface area contributed by atoms with Gasteiger partial charge in [-0.05, 0) is 24.5 Å². The number of β-amino-alcohol motifs (C(OH)–C–C–N with tert-alkyl or cyclic N) is 1. The van der Waals surface area contributed by atoms with Crippen molar-refractivity contribution in [2.45, 2.75) is 32.3 Å². The largest absolute Gasteiger partial charge is 0.391 e. The van der Waals surface area contributed by atoms with E-state index < -0.39 is 0 Å². The highest BCUT2D eigenvalue weighted by atomic mass is 16.3. The number of aliphatic hydroxyl groups excluding tert-OH is 1. The summed E-state index contributed by atoms with van der Waals surface area (Å²) in [5.41, 5.74) is 1.01. The SMILES string of the molecule is CC(C)c1ccc(N2CCC(O)C2)nn1. The van der Waals surface area contributed by atoms with Gasteiger partial charge in [0.15, 0.2) is 5.82 Å². The number of aromatic nitrogens is 2. The maximum atomic E-state index is 9.41. The summed E-state index contributed by atoms with van der Waals surface area (Å²) < 4.78 is 0. The molecule has 1 aromatic rings. The van der Waals surface area contributed by atoms with Gasteiger partial charge in [-0.25, -0.2) is 0 Å². The Bertz CT molecular complexity index is 323. The Hall–Kier alpha value is -1.16. The first kappa shape index (κ1) is 10.4. The quantitative estimate of drug-likeness (QED) is 0.791. The molecule has 1 aliphatic rings. The van der Waals surface area contributed by atoms with Crippen molar-refractivity contribution < 1.29 is 5.11 Å². The van der Waals surface area contributed by atoms with Crippen LogP contribution in [-0.4, -0.2) is 34.5 Å². The molecule has 0 amide bonds. The van der Waals surface area contributed by atoms with Crippen molar-refractivity contribution in [3.63, 3.8) is 0 Å². The standard InChI is InChI=1S/C11H17N3O/c1-8(2)10-3-4-11(13-12-10)14-6-5-9(15)7-14/h3-4,8-9,15H,5-7H2,1-2H3. The molecule has 4 heteroatoms. The van der Waals surface area contributed by atoms with Gasteiger partial charge in [0.05, 0.1) is 11.8 Å². The van der Waals surface area contributed by atoms with Crippen molar-refractivity contribution >= 4 is 5.82 Å². The second-order valence-electron chi connectivity index (χ2n) is 4.36. The van der Waals surface area contributed by atoms with Gasteiger partial charge in [0.25, 0.3) is 0 Å². The summed E-state index contributed by atoms with van der Waals surface area (Å²) in [5.74, 6) is 1.28. The number of hydrogen-bond donors (Lipinski definition) is 1. The van der Waals surface area contributed by atoms with E-state index in [0.717, 1.165) is 24.5 Å². The van der Waals surface area contributed by atoms with E-state index in [0.29, 0.717) is 12.5 Å². The third-order valence-corrected chi connectivity index (χ3v) is 2.75. The second-order valence-corrected chi connectivity index (χ2v) is 4.36. The van der Waals surface area contributed by atoms with Crippen molar-refractivity contribution in [1.29, 1.82) is 0 Å². The molecule has 0 saturated carbocycles. The minimum atomic E-state index is -0.212. The van der Waals surface area contributed by atoms with E-state index in [1.807, 2.05) is 12.1 Å². The molecule has 2 heterocycles. The Morgan fingerprint density at radius 3 is 2.67 bits per heavy atom. The molecule has 0 spiro atoms. The molecule has 1 unspecified atom stereocenters. The summed E-state index contributed by atoms with van der Waals surface area (Å²) in [6, 6.07) is 4.00. The first-order valence-electron chi connectivity index (χ1n) is 5.43. The average molecular weight is 207 g/mol. The van der Waals surface area contributed by atoms with Gasteiger partial charge in [0.1, 0.15) is 0 Å². The van der Waals surface area contributed by atoms with Crippen molar-refractivity contribution in [1.82, 2.24) is 10.2 Å². The molecule has 15 heavy (non-hydrogen) atoms. The average Bonchev–Trinajstić information content (AvgIpc) is 2.65. The van der Waals surface area contributed by atoms with Crippen LogP contribution in [0.1, 0.15) is 31.9 Å². The molecule has 0 radical (unpaired) electrons. The Kier molecular flexibility index (Phi) is 2.86. The van der Waals surface area contributed by atoms with Crippen LogP contribution in [0.4, 0.5) is 5.82 Å². The Labute approximate surface area is 89.9 Å². The first-order chi connectivity index (χ1) is 7.16. The monoisotopic (exact) mass is 207 g/mol. The first-order valence-corrected chi connectivity index (χ1v) is 5.43. The van der Waals surface area contributed by atoms with Gasteiger partial charge >= 0.3 is 0 Å². The normalized spacial score (nSPS) is 21.3. The van der Waals surface area contributed by atoms with E-state index in [1.165, 1.54) is 0 Å². The molecule has 1 aliphatic heterocycles. The topological polar surface area (TPSA) is 49.2 Å².